The summed E-state index contributed by atoms with van der Waals surface area (Å²) in [6.45, 7) is 7.06. The fraction of sp³-hybridized carbons (Fsp3) is 0.864. The molecule has 2 heterocycles. The Morgan fingerprint density at radius 3 is 2.80 bits per heavy atom. The van der Waals surface area contributed by atoms with Gasteiger partial charge < -0.3 is 20.1 Å². The fourth-order valence-electron chi connectivity index (χ4n) is 5.58. The Labute approximate surface area is 180 Å². The number of ether oxygens (including phenoxy) is 2. The predicted molar refractivity (Wildman–Crippen MR) is 116 cm³/mol. The molecule has 2 saturated carbocycles. The lowest BCUT2D eigenvalue weighted by Crippen LogP contribution is -2.67. The molecular formula is C22H38N6O2. The number of rotatable bonds is 7. The van der Waals surface area contributed by atoms with Crippen LogP contribution >= 0.6 is 0 Å². The number of nitrogens with zero attached hydrogens (tertiary/aromatic N) is 4. The lowest BCUT2D eigenvalue weighted by atomic mass is 9.55. The maximum absolute atomic E-state index is 6.13. The van der Waals surface area contributed by atoms with Gasteiger partial charge in [0.2, 0.25) is 0 Å². The lowest BCUT2D eigenvalue weighted by Gasteiger charge is -2.58. The van der Waals surface area contributed by atoms with Crippen LogP contribution in [0.4, 0.5) is 0 Å². The van der Waals surface area contributed by atoms with Crippen LogP contribution < -0.4 is 10.6 Å². The highest BCUT2D eigenvalue weighted by Gasteiger charge is 2.56. The molecule has 0 bridgehead atoms. The summed E-state index contributed by atoms with van der Waals surface area (Å²) in [5.74, 6) is 2.76. The van der Waals surface area contributed by atoms with Gasteiger partial charge in [0.15, 0.2) is 11.8 Å². The third-order valence-corrected chi connectivity index (χ3v) is 7.08. The molecule has 3 unspecified atom stereocenters. The van der Waals surface area contributed by atoms with Crippen LogP contribution in [0.5, 0.6) is 0 Å². The molecule has 3 atom stereocenters. The predicted octanol–water partition coefficient (Wildman–Crippen LogP) is 2.42. The molecule has 2 aliphatic carbocycles. The van der Waals surface area contributed by atoms with Crippen molar-refractivity contribution >= 4 is 5.96 Å². The number of methoxy groups -OCH3 is 1. The molecule has 30 heavy (non-hydrogen) atoms. The van der Waals surface area contributed by atoms with Crippen LogP contribution in [0.25, 0.3) is 0 Å². The van der Waals surface area contributed by atoms with Crippen molar-refractivity contribution in [1.29, 1.82) is 0 Å². The molecule has 0 aromatic carbocycles. The van der Waals surface area contributed by atoms with Crippen molar-refractivity contribution in [2.24, 2.45) is 10.4 Å². The first-order chi connectivity index (χ1) is 14.7. The van der Waals surface area contributed by atoms with Crippen LogP contribution in [-0.2, 0) is 29.0 Å². The Morgan fingerprint density at radius 1 is 1.23 bits per heavy atom. The monoisotopic (exact) mass is 418 g/mol. The molecule has 1 aromatic rings. The zero-order valence-corrected chi connectivity index (χ0v) is 18.8. The molecule has 4 rings (SSSR count). The van der Waals surface area contributed by atoms with Crippen molar-refractivity contribution in [3.8, 4) is 0 Å². The standard InChI is InChI=1S/C22H38N6O2/c1-4-23-21(24-16-9-10-20-26-19(15-29-3)27-28(20)14-16)25-17-13-18(30-5-2)22(17)11-7-6-8-12-22/h16-18H,4-15H2,1-3H3,(H2,23,24,25). The molecule has 1 aliphatic heterocycles. The van der Waals surface area contributed by atoms with Crippen LogP contribution in [0.2, 0.25) is 0 Å². The molecule has 2 fully saturated rings. The van der Waals surface area contributed by atoms with Crippen molar-refractivity contribution in [3.05, 3.63) is 11.6 Å². The first kappa shape index (κ1) is 21.6. The second-order valence-corrected chi connectivity index (χ2v) is 8.93. The molecule has 0 saturated heterocycles. The minimum Gasteiger partial charge on any atom is -0.378 e. The minimum atomic E-state index is 0.283. The lowest BCUT2D eigenvalue weighted by molar-refractivity contribution is -0.145. The summed E-state index contributed by atoms with van der Waals surface area (Å²) in [4.78, 5) is 9.35. The van der Waals surface area contributed by atoms with E-state index in [1.807, 2.05) is 4.68 Å². The van der Waals surface area contributed by atoms with Crippen molar-refractivity contribution < 1.29 is 9.47 Å². The summed E-state index contributed by atoms with van der Waals surface area (Å²) in [5, 5.41) is 12.1. The number of aryl methyl sites for hydroxylation is 1. The number of aliphatic imine (C=N–C) groups is 1. The van der Waals surface area contributed by atoms with E-state index in [4.69, 9.17) is 14.5 Å². The van der Waals surface area contributed by atoms with Crippen LogP contribution in [-0.4, -0.2) is 59.2 Å². The first-order valence-electron chi connectivity index (χ1n) is 11.8. The summed E-state index contributed by atoms with van der Waals surface area (Å²) in [5.41, 5.74) is 0.283. The molecule has 2 N–H and O–H groups in total. The summed E-state index contributed by atoms with van der Waals surface area (Å²) in [7, 11) is 1.68. The van der Waals surface area contributed by atoms with Gasteiger partial charge in [0, 0.05) is 44.2 Å². The highest BCUT2D eigenvalue weighted by atomic mass is 16.5. The summed E-state index contributed by atoms with van der Waals surface area (Å²) in [6.07, 6.45) is 9.96. The second-order valence-electron chi connectivity index (χ2n) is 8.93. The topological polar surface area (TPSA) is 85.6 Å². The van der Waals surface area contributed by atoms with Gasteiger partial charge in [-0.15, -0.1) is 0 Å². The SMILES string of the molecule is CCN=C(NC1CCc2nc(COC)nn2C1)NC1CC(OCC)C12CCCCC2. The number of fused-ring (bicyclic) bond motifs is 1. The number of hydrogen-bond donors (Lipinski definition) is 2. The van der Waals surface area contributed by atoms with Gasteiger partial charge in [-0.3, -0.25) is 4.99 Å². The smallest absolute Gasteiger partial charge is 0.191 e. The third-order valence-electron chi connectivity index (χ3n) is 7.08. The Hall–Kier alpha value is -1.67. The van der Waals surface area contributed by atoms with E-state index >= 15 is 0 Å². The maximum Gasteiger partial charge on any atom is 0.191 e. The number of aromatic nitrogens is 3. The average Bonchev–Trinajstić information content (AvgIpc) is 3.15. The minimum absolute atomic E-state index is 0.283. The zero-order chi connectivity index (χ0) is 21.0. The van der Waals surface area contributed by atoms with Crippen LogP contribution in [0.1, 0.15) is 70.4 Å². The second kappa shape index (κ2) is 9.64. The van der Waals surface area contributed by atoms with E-state index in [0.717, 1.165) is 56.6 Å². The molecule has 0 amide bonds. The highest BCUT2D eigenvalue weighted by molar-refractivity contribution is 5.80. The van der Waals surface area contributed by atoms with Gasteiger partial charge in [-0.2, -0.15) is 5.10 Å². The Kier molecular flexibility index (Phi) is 6.93. The largest absolute Gasteiger partial charge is 0.378 e. The quantitative estimate of drug-likeness (QED) is 0.523. The van der Waals surface area contributed by atoms with Crippen LogP contribution in [0, 0.1) is 5.41 Å². The summed E-state index contributed by atoms with van der Waals surface area (Å²) < 4.78 is 13.3. The molecule has 8 nitrogen and oxygen atoms in total. The normalized spacial score (nSPS) is 28.1. The third kappa shape index (κ3) is 4.35. The highest BCUT2D eigenvalue weighted by Crippen LogP contribution is 2.53. The van der Waals surface area contributed by atoms with Crippen molar-refractivity contribution in [2.45, 2.75) is 96.6 Å². The first-order valence-corrected chi connectivity index (χ1v) is 11.8. The van der Waals surface area contributed by atoms with Crippen LogP contribution in [0.3, 0.4) is 0 Å². The van der Waals surface area contributed by atoms with E-state index in [1.165, 1.54) is 32.1 Å². The molecule has 168 valence electrons. The molecular weight excluding hydrogens is 380 g/mol. The molecule has 8 heteroatoms. The molecule has 1 aromatic heterocycles. The average molecular weight is 419 g/mol. The molecule has 1 spiro atoms. The van der Waals surface area contributed by atoms with E-state index in [-0.39, 0.29) is 5.41 Å². The van der Waals surface area contributed by atoms with Gasteiger partial charge in [-0.25, -0.2) is 9.67 Å². The molecule has 3 aliphatic rings. The van der Waals surface area contributed by atoms with Crippen molar-refractivity contribution in [2.75, 3.05) is 20.3 Å². The van der Waals surface area contributed by atoms with Gasteiger partial charge in [-0.05, 0) is 39.5 Å². The van der Waals surface area contributed by atoms with E-state index in [2.05, 4.69) is 34.6 Å². The van der Waals surface area contributed by atoms with Crippen LogP contribution in [0.15, 0.2) is 4.99 Å². The molecule has 0 radical (unpaired) electrons. The number of hydrogen-bond acceptors (Lipinski definition) is 5. The van der Waals surface area contributed by atoms with Gasteiger partial charge in [0.1, 0.15) is 12.4 Å². The maximum atomic E-state index is 6.13. The Balaban J connectivity index is 1.39. The Morgan fingerprint density at radius 2 is 2.07 bits per heavy atom. The van der Waals surface area contributed by atoms with Gasteiger partial charge in [0.05, 0.1) is 12.6 Å². The van der Waals surface area contributed by atoms with E-state index < -0.39 is 0 Å². The fourth-order valence-corrected chi connectivity index (χ4v) is 5.58. The summed E-state index contributed by atoms with van der Waals surface area (Å²) in [6, 6.07) is 0.753. The van der Waals surface area contributed by atoms with Gasteiger partial charge >= 0.3 is 0 Å². The Bertz CT molecular complexity index is 727. The van der Waals surface area contributed by atoms with Crippen molar-refractivity contribution in [3.63, 3.8) is 0 Å². The van der Waals surface area contributed by atoms with E-state index in [0.29, 0.717) is 24.8 Å². The van der Waals surface area contributed by atoms with Crippen molar-refractivity contribution in [1.82, 2.24) is 25.4 Å². The zero-order valence-electron chi connectivity index (χ0n) is 18.8. The summed E-state index contributed by atoms with van der Waals surface area (Å²) >= 11 is 0. The van der Waals surface area contributed by atoms with E-state index in [1.54, 1.807) is 7.11 Å². The van der Waals surface area contributed by atoms with Gasteiger partial charge in [-0.1, -0.05) is 19.3 Å². The van der Waals surface area contributed by atoms with E-state index in [9.17, 15) is 0 Å². The van der Waals surface area contributed by atoms with Gasteiger partial charge in [0.25, 0.3) is 0 Å². The number of nitrogens with one attached hydrogen (secondary N) is 2. The number of guanidine groups is 1.